The quantitative estimate of drug-likeness (QED) is 0.188. The highest BCUT2D eigenvalue weighted by atomic mass is 79.9. The van der Waals surface area contributed by atoms with Crippen LogP contribution >= 0.6 is 39.1 Å². The summed E-state index contributed by atoms with van der Waals surface area (Å²) in [6, 6.07) is 12.9. The Bertz CT molecular complexity index is 1500. The number of aromatic nitrogens is 3. The molecule has 0 aliphatic carbocycles. The Labute approximate surface area is 227 Å². The fourth-order valence-electron chi connectivity index (χ4n) is 4.00. The lowest BCUT2D eigenvalue weighted by atomic mass is 10.1. The summed E-state index contributed by atoms with van der Waals surface area (Å²) in [5.74, 6) is 0.0148. The van der Waals surface area contributed by atoms with Crippen LogP contribution in [-0.2, 0) is 9.84 Å². The summed E-state index contributed by atoms with van der Waals surface area (Å²) in [6.45, 7) is 2.08. The number of nitrogens with one attached hydrogen (secondary N) is 1. The standard InChI is InChI=1S/C25H24BrCl2FN4O2S/c1-2-6-16(7-5-12-36(34,35)17-10-11-22(29)21(28)13-17)31-24-14-23(18-8-3-4-9-20(18)27)32-25-19(26)15-30-33(24)25/h3-4,8-11,13-16,31H,2,5-7,12H2,1H3. The van der Waals surface area contributed by atoms with Gasteiger partial charge in [0.2, 0.25) is 0 Å². The average Bonchev–Trinajstić information content (AvgIpc) is 3.22. The van der Waals surface area contributed by atoms with E-state index in [1.54, 1.807) is 10.7 Å². The molecule has 0 saturated heterocycles. The van der Waals surface area contributed by atoms with Gasteiger partial charge in [-0.25, -0.2) is 17.8 Å². The predicted octanol–water partition coefficient (Wildman–Crippen LogP) is 7.44. The first kappa shape index (κ1) is 26.9. The van der Waals surface area contributed by atoms with Gasteiger partial charge in [-0.3, -0.25) is 0 Å². The van der Waals surface area contributed by atoms with Gasteiger partial charge >= 0.3 is 0 Å². The van der Waals surface area contributed by atoms with Crippen LogP contribution < -0.4 is 5.32 Å². The minimum atomic E-state index is -3.59. The van der Waals surface area contributed by atoms with Crippen LogP contribution in [0.25, 0.3) is 16.9 Å². The monoisotopic (exact) mass is 612 g/mol. The molecule has 11 heteroatoms. The fraction of sp³-hybridized carbons (Fsp3) is 0.280. The van der Waals surface area contributed by atoms with Gasteiger partial charge in [-0.15, -0.1) is 0 Å². The number of rotatable bonds is 10. The number of hydrogen-bond acceptors (Lipinski definition) is 5. The van der Waals surface area contributed by atoms with Crippen LogP contribution in [0.1, 0.15) is 32.6 Å². The summed E-state index contributed by atoms with van der Waals surface area (Å²) in [5.41, 5.74) is 2.14. The van der Waals surface area contributed by atoms with Crippen molar-refractivity contribution in [2.24, 2.45) is 0 Å². The van der Waals surface area contributed by atoms with Gasteiger partial charge in [-0.05, 0) is 59.5 Å². The van der Waals surface area contributed by atoms with Crippen molar-refractivity contribution in [2.75, 3.05) is 11.1 Å². The van der Waals surface area contributed by atoms with Gasteiger partial charge in [0.15, 0.2) is 15.5 Å². The van der Waals surface area contributed by atoms with Crippen LogP contribution in [0.2, 0.25) is 10.0 Å². The maximum atomic E-state index is 13.5. The van der Waals surface area contributed by atoms with Crippen LogP contribution in [0.4, 0.5) is 10.2 Å². The third kappa shape index (κ3) is 6.02. The maximum Gasteiger partial charge on any atom is 0.178 e. The first-order valence-electron chi connectivity index (χ1n) is 11.4. The maximum absolute atomic E-state index is 13.5. The minimum Gasteiger partial charge on any atom is -0.367 e. The van der Waals surface area contributed by atoms with E-state index in [-0.39, 0.29) is 21.7 Å². The van der Waals surface area contributed by atoms with Crippen molar-refractivity contribution < 1.29 is 12.8 Å². The Morgan fingerprint density at radius 2 is 1.89 bits per heavy atom. The van der Waals surface area contributed by atoms with Gasteiger partial charge in [-0.1, -0.05) is 54.7 Å². The van der Waals surface area contributed by atoms with Gasteiger partial charge in [0.25, 0.3) is 0 Å². The third-order valence-electron chi connectivity index (χ3n) is 5.78. The lowest BCUT2D eigenvalue weighted by Crippen LogP contribution is -2.22. The van der Waals surface area contributed by atoms with E-state index >= 15 is 0 Å². The number of nitrogens with zero attached hydrogens (tertiary/aromatic N) is 3. The SMILES string of the molecule is CCCC(CCCS(=O)(=O)c1ccc(F)c(Cl)c1)Nc1cc(-c2ccccc2Cl)nc2c(Br)cnn12. The molecule has 1 unspecified atom stereocenters. The minimum absolute atomic E-state index is 0.00493. The van der Waals surface area contributed by atoms with Crippen molar-refractivity contribution in [2.45, 2.75) is 43.5 Å². The number of sulfone groups is 1. The van der Waals surface area contributed by atoms with E-state index in [2.05, 4.69) is 33.3 Å². The second kappa shape index (κ2) is 11.5. The largest absolute Gasteiger partial charge is 0.367 e. The first-order chi connectivity index (χ1) is 17.2. The van der Waals surface area contributed by atoms with E-state index < -0.39 is 15.7 Å². The van der Waals surface area contributed by atoms with E-state index in [9.17, 15) is 12.8 Å². The van der Waals surface area contributed by atoms with E-state index in [0.717, 1.165) is 40.8 Å². The van der Waals surface area contributed by atoms with E-state index in [1.807, 2.05) is 30.3 Å². The molecule has 1 atom stereocenters. The molecule has 0 bridgehead atoms. The number of halogens is 4. The molecule has 0 aliphatic heterocycles. The lowest BCUT2D eigenvalue weighted by Gasteiger charge is -2.20. The summed E-state index contributed by atoms with van der Waals surface area (Å²) >= 11 is 15.7. The van der Waals surface area contributed by atoms with Crippen molar-refractivity contribution in [3.8, 4) is 11.3 Å². The summed E-state index contributed by atoms with van der Waals surface area (Å²) in [6.07, 6.45) is 4.45. The molecule has 0 saturated carbocycles. The molecule has 0 spiro atoms. The molecule has 0 aliphatic rings. The molecule has 2 heterocycles. The molecule has 0 radical (unpaired) electrons. The molecule has 0 fully saturated rings. The molecule has 2 aromatic carbocycles. The highest BCUT2D eigenvalue weighted by Gasteiger charge is 2.19. The Morgan fingerprint density at radius 1 is 1.11 bits per heavy atom. The number of benzene rings is 2. The zero-order chi connectivity index (χ0) is 25.9. The first-order valence-corrected chi connectivity index (χ1v) is 14.6. The summed E-state index contributed by atoms with van der Waals surface area (Å²) in [7, 11) is -3.59. The second-order valence-electron chi connectivity index (χ2n) is 8.40. The molecule has 190 valence electrons. The van der Waals surface area contributed by atoms with Crippen LogP contribution in [-0.4, -0.2) is 34.8 Å². The summed E-state index contributed by atoms with van der Waals surface area (Å²) in [5, 5.41) is 8.36. The second-order valence-corrected chi connectivity index (χ2v) is 12.2. The van der Waals surface area contributed by atoms with Crippen molar-refractivity contribution in [1.29, 1.82) is 0 Å². The molecule has 1 N–H and O–H groups in total. The van der Waals surface area contributed by atoms with Gasteiger partial charge in [-0.2, -0.15) is 9.61 Å². The highest BCUT2D eigenvalue weighted by Crippen LogP contribution is 2.31. The molecule has 6 nitrogen and oxygen atoms in total. The summed E-state index contributed by atoms with van der Waals surface area (Å²) in [4.78, 5) is 4.76. The smallest absolute Gasteiger partial charge is 0.178 e. The Balaban J connectivity index is 1.55. The van der Waals surface area contributed by atoms with Crippen LogP contribution in [0, 0.1) is 5.82 Å². The van der Waals surface area contributed by atoms with Crippen LogP contribution in [0.3, 0.4) is 0 Å². The Kier molecular flexibility index (Phi) is 8.55. The van der Waals surface area contributed by atoms with Crippen LogP contribution in [0.15, 0.2) is 64.1 Å². The molecular formula is C25H24BrCl2FN4O2S. The molecular weight excluding hydrogens is 590 g/mol. The molecule has 36 heavy (non-hydrogen) atoms. The van der Waals surface area contributed by atoms with Crippen molar-refractivity contribution in [1.82, 2.24) is 14.6 Å². The molecule has 0 amide bonds. The molecule has 4 rings (SSSR count). The Hall–Kier alpha value is -2.20. The number of fused-ring (bicyclic) bond motifs is 1. The van der Waals surface area contributed by atoms with Gasteiger partial charge in [0.05, 0.1) is 32.0 Å². The predicted molar refractivity (Wildman–Crippen MR) is 146 cm³/mol. The van der Waals surface area contributed by atoms with Gasteiger partial charge in [0.1, 0.15) is 11.6 Å². The number of hydrogen-bond donors (Lipinski definition) is 1. The van der Waals surface area contributed by atoms with Gasteiger partial charge < -0.3 is 5.32 Å². The van der Waals surface area contributed by atoms with Crippen molar-refractivity contribution in [3.63, 3.8) is 0 Å². The van der Waals surface area contributed by atoms with E-state index in [4.69, 9.17) is 28.2 Å². The van der Waals surface area contributed by atoms with Gasteiger partial charge in [0, 0.05) is 22.7 Å². The van der Waals surface area contributed by atoms with Crippen molar-refractivity contribution >= 4 is 60.4 Å². The molecule has 4 aromatic rings. The van der Waals surface area contributed by atoms with E-state index in [1.165, 1.54) is 6.07 Å². The normalized spacial score (nSPS) is 12.7. The highest BCUT2D eigenvalue weighted by molar-refractivity contribution is 9.10. The van der Waals surface area contributed by atoms with Crippen molar-refractivity contribution in [3.05, 3.63) is 75.1 Å². The fourth-order valence-corrected chi connectivity index (χ4v) is 6.18. The topological polar surface area (TPSA) is 76.4 Å². The zero-order valence-electron chi connectivity index (χ0n) is 19.4. The molecule has 2 aromatic heterocycles. The average molecular weight is 614 g/mol. The van der Waals surface area contributed by atoms with E-state index in [0.29, 0.717) is 29.2 Å². The summed E-state index contributed by atoms with van der Waals surface area (Å²) < 4.78 is 41.4. The number of anilines is 1. The zero-order valence-corrected chi connectivity index (χ0v) is 23.3. The third-order valence-corrected chi connectivity index (χ3v) is 8.76. The lowest BCUT2D eigenvalue weighted by molar-refractivity contribution is 0.566. The Morgan fingerprint density at radius 3 is 2.61 bits per heavy atom. The van der Waals surface area contributed by atoms with Crippen LogP contribution in [0.5, 0.6) is 0 Å².